The van der Waals surface area contributed by atoms with Gasteiger partial charge in [-0.25, -0.2) is 20.8 Å². The van der Waals surface area contributed by atoms with Gasteiger partial charge in [-0.05, 0) is 12.5 Å². The molecule has 1 amide bonds. The van der Waals surface area contributed by atoms with Gasteiger partial charge in [-0.15, -0.1) is 0 Å². The standard InChI is InChI=1S/C20H25N5O2/c1-20(2,3)19-21-9-12-10-25(11-16(12)22-19)18(27)15-8-14(23-24-15)13-6-4-5-7-17(13)26/h4-7,9,14-15,23-24,26H,8,10-11H2,1-3H3. The van der Waals surface area contributed by atoms with E-state index in [1.54, 1.807) is 12.1 Å². The number of para-hydroxylation sites is 1. The Morgan fingerprint density at radius 1 is 1.22 bits per heavy atom. The van der Waals surface area contributed by atoms with Gasteiger partial charge in [0, 0.05) is 29.3 Å². The topological polar surface area (TPSA) is 90.4 Å². The number of fused-ring (bicyclic) bond motifs is 1. The number of aromatic nitrogens is 2. The molecule has 2 atom stereocenters. The lowest BCUT2D eigenvalue weighted by molar-refractivity contribution is -0.133. The van der Waals surface area contributed by atoms with Gasteiger partial charge in [-0.3, -0.25) is 4.79 Å². The molecule has 0 saturated carbocycles. The van der Waals surface area contributed by atoms with Gasteiger partial charge in [0.2, 0.25) is 5.91 Å². The number of amides is 1. The number of aromatic hydroxyl groups is 1. The van der Waals surface area contributed by atoms with E-state index in [0.29, 0.717) is 19.5 Å². The van der Waals surface area contributed by atoms with Gasteiger partial charge in [0.05, 0.1) is 18.3 Å². The van der Waals surface area contributed by atoms with Gasteiger partial charge in [0.15, 0.2) is 0 Å². The number of nitrogens with one attached hydrogen (secondary N) is 2. The van der Waals surface area contributed by atoms with Gasteiger partial charge in [0.25, 0.3) is 0 Å². The van der Waals surface area contributed by atoms with Crippen LogP contribution in [0.2, 0.25) is 0 Å². The first-order valence-corrected chi connectivity index (χ1v) is 9.26. The second-order valence-corrected chi connectivity index (χ2v) is 8.30. The number of carbonyl (C=O) groups excluding carboxylic acids is 1. The number of rotatable bonds is 2. The normalized spacial score (nSPS) is 22.1. The molecule has 142 valence electrons. The third-order valence-corrected chi connectivity index (χ3v) is 5.15. The van der Waals surface area contributed by atoms with Crippen LogP contribution in [0, 0.1) is 0 Å². The third-order valence-electron chi connectivity index (χ3n) is 5.15. The lowest BCUT2D eigenvalue weighted by Gasteiger charge is -2.19. The van der Waals surface area contributed by atoms with Crippen molar-refractivity contribution < 1.29 is 9.90 Å². The van der Waals surface area contributed by atoms with Crippen LogP contribution in [-0.4, -0.2) is 31.9 Å². The fraction of sp³-hybridized carbons (Fsp3) is 0.450. The Labute approximate surface area is 158 Å². The van der Waals surface area contributed by atoms with E-state index in [-0.39, 0.29) is 29.2 Å². The Kier molecular flexibility index (Phi) is 4.36. The summed E-state index contributed by atoms with van der Waals surface area (Å²) in [7, 11) is 0. The van der Waals surface area contributed by atoms with E-state index in [9.17, 15) is 9.90 Å². The molecule has 2 aliphatic rings. The van der Waals surface area contributed by atoms with Crippen LogP contribution >= 0.6 is 0 Å². The number of phenols is 1. The molecule has 27 heavy (non-hydrogen) atoms. The molecular weight excluding hydrogens is 342 g/mol. The quantitative estimate of drug-likeness (QED) is 0.751. The Balaban J connectivity index is 1.45. The summed E-state index contributed by atoms with van der Waals surface area (Å²) in [5, 5.41) is 10.0. The third kappa shape index (κ3) is 3.40. The predicted molar refractivity (Wildman–Crippen MR) is 101 cm³/mol. The van der Waals surface area contributed by atoms with Crippen molar-refractivity contribution in [3.63, 3.8) is 0 Å². The average Bonchev–Trinajstić information content (AvgIpc) is 3.27. The van der Waals surface area contributed by atoms with Crippen LogP contribution in [0.1, 0.15) is 55.9 Å². The maximum absolute atomic E-state index is 13.0. The summed E-state index contributed by atoms with van der Waals surface area (Å²) in [6.07, 6.45) is 2.43. The van der Waals surface area contributed by atoms with Crippen molar-refractivity contribution >= 4 is 5.91 Å². The van der Waals surface area contributed by atoms with Crippen molar-refractivity contribution in [3.8, 4) is 5.75 Å². The maximum atomic E-state index is 13.0. The molecular formula is C20H25N5O2. The number of carbonyl (C=O) groups is 1. The van der Waals surface area contributed by atoms with Crippen LogP contribution in [-0.2, 0) is 23.3 Å². The average molecular weight is 367 g/mol. The largest absolute Gasteiger partial charge is 0.508 e. The van der Waals surface area contributed by atoms with Crippen LogP contribution in [0.3, 0.4) is 0 Å². The molecule has 0 aliphatic carbocycles. The monoisotopic (exact) mass is 367 g/mol. The lowest BCUT2D eigenvalue weighted by atomic mass is 9.95. The van der Waals surface area contributed by atoms with E-state index in [0.717, 1.165) is 22.6 Å². The first-order chi connectivity index (χ1) is 12.8. The fourth-order valence-corrected chi connectivity index (χ4v) is 3.60. The van der Waals surface area contributed by atoms with Gasteiger partial charge in [0.1, 0.15) is 17.6 Å². The highest BCUT2D eigenvalue weighted by Crippen LogP contribution is 2.31. The Morgan fingerprint density at radius 2 is 2.00 bits per heavy atom. The molecule has 0 radical (unpaired) electrons. The fourth-order valence-electron chi connectivity index (χ4n) is 3.60. The number of hydrogen-bond acceptors (Lipinski definition) is 6. The minimum absolute atomic E-state index is 0.0377. The second-order valence-electron chi connectivity index (χ2n) is 8.30. The summed E-state index contributed by atoms with van der Waals surface area (Å²) in [4.78, 5) is 23.9. The number of nitrogens with zero attached hydrogens (tertiary/aromatic N) is 3. The summed E-state index contributed by atoms with van der Waals surface area (Å²) in [5.74, 6) is 1.08. The minimum Gasteiger partial charge on any atom is -0.508 e. The van der Waals surface area contributed by atoms with E-state index >= 15 is 0 Å². The van der Waals surface area contributed by atoms with E-state index in [1.165, 1.54) is 0 Å². The zero-order valence-corrected chi connectivity index (χ0v) is 15.9. The Morgan fingerprint density at radius 3 is 2.74 bits per heavy atom. The van der Waals surface area contributed by atoms with E-state index in [2.05, 4.69) is 41.6 Å². The summed E-state index contributed by atoms with van der Waals surface area (Å²) < 4.78 is 0. The lowest BCUT2D eigenvalue weighted by Crippen LogP contribution is -2.43. The zero-order valence-electron chi connectivity index (χ0n) is 15.9. The number of hydrogen-bond donors (Lipinski definition) is 3. The van der Waals surface area contributed by atoms with Crippen LogP contribution < -0.4 is 10.9 Å². The summed E-state index contributed by atoms with van der Waals surface area (Å²) in [6, 6.07) is 6.77. The molecule has 0 spiro atoms. The van der Waals surface area contributed by atoms with Crippen molar-refractivity contribution in [2.75, 3.05) is 0 Å². The maximum Gasteiger partial charge on any atom is 0.241 e. The highest BCUT2D eigenvalue weighted by Gasteiger charge is 2.36. The minimum atomic E-state index is -0.334. The van der Waals surface area contributed by atoms with Crippen LogP contribution in [0.4, 0.5) is 0 Å². The van der Waals surface area contributed by atoms with Gasteiger partial charge in [-0.1, -0.05) is 39.0 Å². The molecule has 0 bridgehead atoms. The molecule has 3 N–H and O–H groups in total. The van der Waals surface area contributed by atoms with Crippen molar-refractivity contribution in [1.29, 1.82) is 0 Å². The van der Waals surface area contributed by atoms with Crippen molar-refractivity contribution in [1.82, 2.24) is 25.7 Å². The number of benzene rings is 1. The summed E-state index contributed by atoms with van der Waals surface area (Å²) in [5.41, 5.74) is 8.85. The second kappa shape index (κ2) is 6.58. The first kappa shape index (κ1) is 17.9. The molecule has 4 rings (SSSR count). The van der Waals surface area contributed by atoms with E-state index < -0.39 is 0 Å². The molecule has 7 nitrogen and oxygen atoms in total. The number of hydrazine groups is 1. The first-order valence-electron chi connectivity index (χ1n) is 9.26. The van der Waals surface area contributed by atoms with Gasteiger partial charge >= 0.3 is 0 Å². The van der Waals surface area contributed by atoms with E-state index in [1.807, 2.05) is 23.2 Å². The highest BCUT2D eigenvalue weighted by molar-refractivity contribution is 5.82. The molecule has 3 heterocycles. The molecule has 1 aromatic carbocycles. The Hall–Kier alpha value is -2.51. The molecule has 2 aliphatic heterocycles. The van der Waals surface area contributed by atoms with Gasteiger partial charge in [-0.2, -0.15) is 0 Å². The zero-order chi connectivity index (χ0) is 19.2. The van der Waals surface area contributed by atoms with Crippen LogP contribution in [0.25, 0.3) is 0 Å². The molecule has 7 heteroatoms. The van der Waals surface area contributed by atoms with Crippen LogP contribution in [0.15, 0.2) is 30.5 Å². The molecule has 2 aromatic rings. The molecule has 1 saturated heterocycles. The van der Waals surface area contributed by atoms with Crippen LogP contribution in [0.5, 0.6) is 5.75 Å². The predicted octanol–water partition coefficient (Wildman–Crippen LogP) is 1.93. The van der Waals surface area contributed by atoms with Gasteiger partial charge < -0.3 is 10.0 Å². The van der Waals surface area contributed by atoms with E-state index in [4.69, 9.17) is 0 Å². The van der Waals surface area contributed by atoms with Crippen molar-refractivity contribution in [2.24, 2.45) is 0 Å². The smallest absolute Gasteiger partial charge is 0.241 e. The van der Waals surface area contributed by atoms with Crippen molar-refractivity contribution in [3.05, 3.63) is 53.1 Å². The molecule has 1 aromatic heterocycles. The highest BCUT2D eigenvalue weighted by atomic mass is 16.3. The molecule has 1 fully saturated rings. The SMILES string of the molecule is CC(C)(C)c1ncc2c(n1)CN(C(=O)C1CC(c3ccccc3O)NN1)C2. The molecule has 2 unspecified atom stereocenters. The summed E-state index contributed by atoms with van der Waals surface area (Å²) >= 11 is 0. The summed E-state index contributed by atoms with van der Waals surface area (Å²) in [6.45, 7) is 7.30. The number of phenolic OH excluding ortho intramolecular Hbond substituents is 1. The van der Waals surface area contributed by atoms with Crippen molar-refractivity contribution in [2.45, 2.75) is 57.8 Å². The Bertz CT molecular complexity index is 877.